The Labute approximate surface area is 147 Å². The van der Waals surface area contributed by atoms with E-state index in [-0.39, 0.29) is 5.69 Å². The Morgan fingerprint density at radius 3 is 2.04 bits per heavy atom. The minimum Gasteiger partial charge on any atom is -0.462 e. The monoisotopic (exact) mass is 406 g/mol. The first-order valence-corrected chi connectivity index (χ1v) is 7.10. The molecule has 1 atom stereocenters. The molecule has 0 aliphatic rings. The maximum Gasteiger partial charge on any atom is 0.448 e. The van der Waals surface area contributed by atoms with Crippen molar-refractivity contribution in [2.24, 2.45) is 0 Å². The molecule has 0 unspecified atom stereocenters. The van der Waals surface area contributed by atoms with Crippen LogP contribution in [-0.4, -0.2) is 43.3 Å². The van der Waals surface area contributed by atoms with Crippen molar-refractivity contribution in [1.82, 2.24) is 5.32 Å². The van der Waals surface area contributed by atoms with Gasteiger partial charge in [-0.05, 0) is 31.2 Å². The fourth-order valence-corrected chi connectivity index (χ4v) is 1.69. The number of esters is 1. The number of carbonyl (C=O) groups is 2. The lowest BCUT2D eigenvalue weighted by molar-refractivity contribution is -0.305. The summed E-state index contributed by atoms with van der Waals surface area (Å²) in [7, 11) is 0. The summed E-state index contributed by atoms with van der Waals surface area (Å²) in [6.07, 6.45) is -11.0. The molecule has 152 valence electrons. The lowest BCUT2D eigenvalue weighted by Gasteiger charge is -2.33. The maximum atomic E-state index is 13.4. The minimum atomic E-state index is -5.80. The number of carbonyl (C=O) groups excluding carboxylic acids is 2. The van der Waals surface area contributed by atoms with E-state index in [9.17, 15) is 40.3 Å². The zero-order valence-corrected chi connectivity index (χ0v) is 13.5. The molecule has 27 heavy (non-hydrogen) atoms. The summed E-state index contributed by atoms with van der Waals surface area (Å²) in [5, 5.41) is 2.83. The minimum absolute atomic E-state index is 0.204. The number of halogens is 7. The average Bonchev–Trinajstić information content (AvgIpc) is 2.51. The van der Waals surface area contributed by atoms with E-state index in [0.29, 0.717) is 0 Å². The molecule has 0 bridgehead atoms. The van der Waals surface area contributed by atoms with E-state index < -0.39 is 49.1 Å². The molecule has 0 radical (unpaired) electrons. The molecule has 0 heterocycles. The van der Waals surface area contributed by atoms with Gasteiger partial charge in [-0.25, -0.2) is 14.0 Å². The van der Waals surface area contributed by atoms with Crippen LogP contribution in [0.3, 0.4) is 0 Å². The highest BCUT2D eigenvalue weighted by Gasteiger charge is 2.66. The van der Waals surface area contributed by atoms with Gasteiger partial charge in [0, 0.05) is 5.69 Å². The van der Waals surface area contributed by atoms with E-state index >= 15 is 0 Å². The van der Waals surface area contributed by atoms with Crippen molar-refractivity contribution in [3.63, 3.8) is 0 Å². The van der Waals surface area contributed by atoms with E-state index in [1.165, 1.54) is 0 Å². The van der Waals surface area contributed by atoms with Crippen LogP contribution in [0.1, 0.15) is 6.92 Å². The first-order chi connectivity index (χ1) is 12.3. The van der Waals surface area contributed by atoms with Crippen molar-refractivity contribution >= 4 is 17.7 Å². The number of alkyl halides is 6. The lowest BCUT2D eigenvalue weighted by atomic mass is 10.2. The third-order valence-electron chi connectivity index (χ3n) is 2.81. The van der Waals surface area contributed by atoms with Gasteiger partial charge in [-0.1, -0.05) is 0 Å². The van der Waals surface area contributed by atoms with Crippen molar-refractivity contribution in [1.29, 1.82) is 0 Å². The summed E-state index contributed by atoms with van der Waals surface area (Å²) in [4.78, 5) is 23.5. The number of nitrogens with one attached hydrogen (secondary N) is 2. The van der Waals surface area contributed by atoms with Gasteiger partial charge in [-0.2, -0.15) is 26.3 Å². The summed E-state index contributed by atoms with van der Waals surface area (Å²) in [5.41, 5.74) is -4.62. The molecular weight excluding hydrogens is 393 g/mol. The summed E-state index contributed by atoms with van der Waals surface area (Å²) in [6, 6.07) is 1.90. The van der Waals surface area contributed by atoms with Gasteiger partial charge < -0.3 is 14.8 Å². The van der Waals surface area contributed by atoms with Crippen LogP contribution < -0.4 is 10.6 Å². The Hall–Kier alpha value is -2.57. The molecule has 1 aromatic rings. The molecule has 6 nitrogen and oxygen atoms in total. The molecule has 13 heteroatoms. The first kappa shape index (κ1) is 22.5. The van der Waals surface area contributed by atoms with Gasteiger partial charge in [0.1, 0.15) is 12.4 Å². The fourth-order valence-electron chi connectivity index (χ4n) is 1.69. The third kappa shape index (κ3) is 6.27. The molecule has 0 saturated carbocycles. The van der Waals surface area contributed by atoms with Crippen LogP contribution in [0.15, 0.2) is 24.3 Å². The largest absolute Gasteiger partial charge is 0.462 e. The number of hydrogen-bond donors (Lipinski definition) is 2. The molecule has 1 rings (SSSR count). The highest BCUT2D eigenvalue weighted by molar-refractivity contribution is 5.94. The number of urea groups is 1. The lowest BCUT2D eigenvalue weighted by Crippen LogP contribution is -2.67. The average molecular weight is 406 g/mol. The Kier molecular flexibility index (Phi) is 7.00. The molecule has 0 aliphatic carbocycles. The van der Waals surface area contributed by atoms with Crippen molar-refractivity contribution < 1.29 is 49.8 Å². The van der Waals surface area contributed by atoms with E-state index in [2.05, 4.69) is 9.47 Å². The second kappa shape index (κ2) is 8.41. The standard InChI is InChI=1S/C14H13F7N2O4/c1-2-26-10(24)13(14(19,20)21,27-7-12(16,17)18)23-11(25)22-9-5-3-8(15)4-6-9/h3-6H,2,7H2,1H3,(H2,22,23,25)/t13-/m0/s1. The van der Waals surface area contributed by atoms with Crippen molar-refractivity contribution in [3.8, 4) is 0 Å². The predicted octanol–water partition coefficient (Wildman–Crippen LogP) is 3.35. The number of ether oxygens (including phenoxy) is 2. The predicted molar refractivity (Wildman–Crippen MR) is 76.0 cm³/mol. The van der Waals surface area contributed by atoms with Gasteiger partial charge in [0.15, 0.2) is 0 Å². The van der Waals surface area contributed by atoms with Crippen LogP contribution in [0, 0.1) is 5.82 Å². The molecule has 1 aromatic carbocycles. The van der Waals surface area contributed by atoms with E-state index in [4.69, 9.17) is 0 Å². The maximum absolute atomic E-state index is 13.4. The second-order valence-electron chi connectivity index (χ2n) is 4.89. The number of rotatable bonds is 6. The highest BCUT2D eigenvalue weighted by Crippen LogP contribution is 2.34. The highest BCUT2D eigenvalue weighted by atomic mass is 19.4. The quantitative estimate of drug-likeness (QED) is 0.432. The number of hydrogen-bond acceptors (Lipinski definition) is 4. The van der Waals surface area contributed by atoms with Crippen LogP contribution >= 0.6 is 0 Å². The van der Waals surface area contributed by atoms with Gasteiger partial charge in [0.05, 0.1) is 6.61 Å². The van der Waals surface area contributed by atoms with E-state index in [0.717, 1.165) is 36.5 Å². The molecule has 0 fully saturated rings. The number of amides is 2. The van der Waals surface area contributed by atoms with Crippen LogP contribution in [0.25, 0.3) is 0 Å². The van der Waals surface area contributed by atoms with Gasteiger partial charge in [-0.3, -0.25) is 5.32 Å². The van der Waals surface area contributed by atoms with Crippen molar-refractivity contribution in [3.05, 3.63) is 30.1 Å². The summed E-state index contributed by atoms with van der Waals surface area (Å²) in [5.74, 6) is -3.01. The molecule has 2 amide bonds. The normalized spacial score (nSPS) is 14.2. The van der Waals surface area contributed by atoms with Gasteiger partial charge in [-0.15, -0.1) is 0 Å². The fraction of sp³-hybridized carbons (Fsp3) is 0.429. The Bertz CT molecular complexity index is 661. The van der Waals surface area contributed by atoms with Gasteiger partial charge in [0.2, 0.25) is 0 Å². The first-order valence-electron chi connectivity index (χ1n) is 7.10. The molecule has 0 aliphatic heterocycles. The molecule has 0 aromatic heterocycles. The number of benzene rings is 1. The smallest absolute Gasteiger partial charge is 0.448 e. The SMILES string of the molecule is CCOC(=O)[C@](NC(=O)Nc1ccc(F)cc1)(OCC(F)(F)F)C(F)(F)F. The Balaban J connectivity index is 3.15. The van der Waals surface area contributed by atoms with Crippen molar-refractivity contribution in [2.75, 3.05) is 18.5 Å². The van der Waals surface area contributed by atoms with Gasteiger partial charge in [0.25, 0.3) is 0 Å². The zero-order chi connectivity index (χ0) is 20.9. The van der Waals surface area contributed by atoms with Crippen LogP contribution in [0.4, 0.5) is 41.2 Å². The summed E-state index contributed by atoms with van der Waals surface area (Å²) >= 11 is 0. The van der Waals surface area contributed by atoms with E-state index in [1.807, 2.05) is 0 Å². The number of anilines is 1. The summed E-state index contributed by atoms with van der Waals surface area (Å²) in [6.45, 7) is -2.03. The van der Waals surface area contributed by atoms with E-state index in [1.54, 1.807) is 5.32 Å². The second-order valence-corrected chi connectivity index (χ2v) is 4.89. The molecule has 0 saturated heterocycles. The van der Waals surface area contributed by atoms with Crippen LogP contribution in [0.2, 0.25) is 0 Å². The molecule has 0 spiro atoms. The van der Waals surface area contributed by atoms with Crippen LogP contribution in [0.5, 0.6) is 0 Å². The molecule has 2 N–H and O–H groups in total. The third-order valence-corrected chi connectivity index (χ3v) is 2.81. The van der Waals surface area contributed by atoms with Crippen molar-refractivity contribution in [2.45, 2.75) is 25.0 Å². The topological polar surface area (TPSA) is 76.7 Å². The molecular formula is C14H13F7N2O4. The summed E-state index contributed by atoms with van der Waals surface area (Å²) < 4.78 is 97.8. The zero-order valence-electron chi connectivity index (χ0n) is 13.5. The Morgan fingerprint density at radius 2 is 1.59 bits per heavy atom. The van der Waals surface area contributed by atoms with Gasteiger partial charge >= 0.3 is 30.1 Å². The Morgan fingerprint density at radius 1 is 1.04 bits per heavy atom. The van der Waals surface area contributed by atoms with Crippen LogP contribution in [-0.2, 0) is 14.3 Å².